The third-order valence-electron chi connectivity index (χ3n) is 2.28. The van der Waals surface area contributed by atoms with E-state index < -0.39 is 8.07 Å². The van der Waals surface area contributed by atoms with E-state index in [0.717, 1.165) is 5.92 Å². The van der Waals surface area contributed by atoms with E-state index in [1.165, 1.54) is 18.0 Å². The molecule has 78 valence electrons. The first kappa shape index (κ1) is 13.0. The van der Waals surface area contributed by atoms with Gasteiger partial charge in [-0.25, -0.2) is 0 Å². The molecule has 0 aromatic rings. The summed E-state index contributed by atoms with van der Waals surface area (Å²) in [5.41, 5.74) is 1.48. The molecule has 1 unspecified atom stereocenters. The molecule has 0 radical (unpaired) electrons. The van der Waals surface area contributed by atoms with Gasteiger partial charge in [0, 0.05) is 8.07 Å². The first-order valence-corrected chi connectivity index (χ1v) is 9.10. The maximum absolute atomic E-state index is 4.23. The molecule has 13 heavy (non-hydrogen) atoms. The Morgan fingerprint density at radius 3 is 1.92 bits per heavy atom. The minimum absolute atomic E-state index is 0.715. The van der Waals surface area contributed by atoms with Crippen LogP contribution in [0.25, 0.3) is 0 Å². The van der Waals surface area contributed by atoms with E-state index in [4.69, 9.17) is 0 Å². The van der Waals surface area contributed by atoms with Gasteiger partial charge in [-0.05, 0) is 24.3 Å². The quantitative estimate of drug-likeness (QED) is 0.449. The van der Waals surface area contributed by atoms with Crippen molar-refractivity contribution in [2.45, 2.75) is 52.9 Å². The maximum Gasteiger partial charge on any atom is 0.0483 e. The van der Waals surface area contributed by atoms with Crippen LogP contribution in [0, 0.1) is 11.8 Å². The Kier molecular flexibility index (Phi) is 4.98. The highest BCUT2D eigenvalue weighted by molar-refractivity contribution is 6.76. The topological polar surface area (TPSA) is 0 Å². The molecule has 0 aromatic carbocycles. The van der Waals surface area contributed by atoms with Crippen LogP contribution in [0.4, 0.5) is 0 Å². The fraction of sp³-hybridized carbons (Fsp3) is 0.833. The van der Waals surface area contributed by atoms with Crippen molar-refractivity contribution >= 4 is 8.07 Å². The van der Waals surface area contributed by atoms with Crippen LogP contribution in [0.15, 0.2) is 12.2 Å². The third-order valence-corrected chi connectivity index (χ3v) is 3.79. The highest BCUT2D eigenvalue weighted by atomic mass is 28.3. The van der Waals surface area contributed by atoms with Gasteiger partial charge < -0.3 is 0 Å². The van der Waals surface area contributed by atoms with Gasteiger partial charge in [0.05, 0.1) is 0 Å². The van der Waals surface area contributed by atoms with Crippen LogP contribution in [-0.4, -0.2) is 8.07 Å². The Balaban J connectivity index is 3.97. The van der Waals surface area contributed by atoms with E-state index in [2.05, 4.69) is 47.0 Å². The Morgan fingerprint density at radius 2 is 1.62 bits per heavy atom. The zero-order chi connectivity index (χ0) is 10.6. The van der Waals surface area contributed by atoms with E-state index in [1.54, 1.807) is 0 Å². The van der Waals surface area contributed by atoms with Gasteiger partial charge in [0.2, 0.25) is 0 Å². The van der Waals surface area contributed by atoms with Crippen molar-refractivity contribution < 1.29 is 0 Å². The largest absolute Gasteiger partial charge is 0.0999 e. The van der Waals surface area contributed by atoms with Gasteiger partial charge in [0.1, 0.15) is 0 Å². The van der Waals surface area contributed by atoms with Gasteiger partial charge in [0.15, 0.2) is 0 Å². The number of rotatable bonds is 5. The van der Waals surface area contributed by atoms with Crippen molar-refractivity contribution in [1.82, 2.24) is 0 Å². The maximum atomic E-state index is 4.23. The van der Waals surface area contributed by atoms with E-state index in [1.807, 2.05) is 0 Å². The van der Waals surface area contributed by atoms with Crippen LogP contribution in [0.3, 0.4) is 0 Å². The molecule has 0 nitrogen and oxygen atoms in total. The third kappa shape index (κ3) is 7.06. The Morgan fingerprint density at radius 1 is 1.15 bits per heavy atom. The summed E-state index contributed by atoms with van der Waals surface area (Å²) in [6.07, 6.45) is 1.29. The van der Waals surface area contributed by atoms with Crippen molar-refractivity contribution in [3.63, 3.8) is 0 Å². The lowest BCUT2D eigenvalue weighted by Crippen LogP contribution is -2.21. The van der Waals surface area contributed by atoms with Gasteiger partial charge in [-0.2, -0.15) is 0 Å². The number of hydrogen-bond acceptors (Lipinski definition) is 0. The molecule has 0 spiro atoms. The number of hydrogen-bond donors (Lipinski definition) is 0. The second-order valence-electron chi connectivity index (χ2n) is 5.93. The van der Waals surface area contributed by atoms with Crippen LogP contribution in [-0.2, 0) is 0 Å². The molecule has 0 N–H and O–H groups in total. The molecule has 0 aliphatic carbocycles. The molecule has 0 aliphatic heterocycles. The van der Waals surface area contributed by atoms with E-state index >= 15 is 0 Å². The molecular weight excluding hydrogens is 172 g/mol. The zero-order valence-electron chi connectivity index (χ0n) is 10.3. The SMILES string of the molecule is C=C(C[Si](C)(C)C)C(C)CC(C)C. The first-order valence-electron chi connectivity index (χ1n) is 5.40. The van der Waals surface area contributed by atoms with Crippen molar-refractivity contribution in [2.75, 3.05) is 0 Å². The lowest BCUT2D eigenvalue weighted by atomic mass is 9.94. The summed E-state index contributed by atoms with van der Waals surface area (Å²) in [7, 11) is -0.934. The second kappa shape index (κ2) is 4.99. The summed E-state index contributed by atoms with van der Waals surface area (Å²) in [6, 6.07) is 1.29. The molecule has 0 aromatic heterocycles. The molecule has 1 atom stereocenters. The van der Waals surface area contributed by atoms with E-state index in [9.17, 15) is 0 Å². The summed E-state index contributed by atoms with van der Waals surface area (Å²) < 4.78 is 0. The van der Waals surface area contributed by atoms with Gasteiger partial charge in [-0.1, -0.05) is 52.6 Å². The summed E-state index contributed by atoms with van der Waals surface area (Å²) in [4.78, 5) is 0. The fourth-order valence-electron chi connectivity index (χ4n) is 1.73. The summed E-state index contributed by atoms with van der Waals surface area (Å²) >= 11 is 0. The molecular formula is C12H26Si. The first-order chi connectivity index (χ1) is 5.72. The molecule has 0 amide bonds. The molecule has 0 saturated heterocycles. The second-order valence-corrected chi connectivity index (χ2v) is 11.4. The van der Waals surface area contributed by atoms with Crippen molar-refractivity contribution in [2.24, 2.45) is 11.8 Å². The average Bonchev–Trinajstić information content (AvgIpc) is 1.81. The van der Waals surface area contributed by atoms with E-state index in [0.29, 0.717) is 5.92 Å². The minimum atomic E-state index is -0.934. The van der Waals surface area contributed by atoms with Crippen molar-refractivity contribution in [3.05, 3.63) is 12.2 Å². The predicted molar refractivity (Wildman–Crippen MR) is 65.9 cm³/mol. The summed E-state index contributed by atoms with van der Waals surface area (Å²) in [5, 5.41) is 0. The molecule has 0 heterocycles. The highest BCUT2D eigenvalue weighted by Gasteiger charge is 2.18. The minimum Gasteiger partial charge on any atom is -0.0999 e. The van der Waals surface area contributed by atoms with Crippen molar-refractivity contribution in [1.29, 1.82) is 0 Å². The summed E-state index contributed by atoms with van der Waals surface area (Å²) in [6.45, 7) is 18.4. The lowest BCUT2D eigenvalue weighted by Gasteiger charge is -2.23. The van der Waals surface area contributed by atoms with E-state index in [-0.39, 0.29) is 0 Å². The fourth-order valence-corrected chi connectivity index (χ4v) is 3.44. The van der Waals surface area contributed by atoms with Gasteiger partial charge in [-0.3, -0.25) is 0 Å². The molecule has 0 aliphatic rings. The Hall–Kier alpha value is -0.0431. The van der Waals surface area contributed by atoms with Crippen LogP contribution in [0.1, 0.15) is 27.2 Å². The Labute approximate surface area is 85.4 Å². The molecule has 0 rings (SSSR count). The van der Waals surface area contributed by atoms with Crippen LogP contribution < -0.4 is 0 Å². The van der Waals surface area contributed by atoms with Gasteiger partial charge in [0.25, 0.3) is 0 Å². The van der Waals surface area contributed by atoms with Crippen LogP contribution >= 0.6 is 0 Å². The smallest absolute Gasteiger partial charge is 0.0483 e. The van der Waals surface area contributed by atoms with Gasteiger partial charge >= 0.3 is 0 Å². The monoisotopic (exact) mass is 198 g/mol. The normalized spacial score (nSPS) is 14.7. The summed E-state index contributed by atoms with van der Waals surface area (Å²) in [5.74, 6) is 1.51. The van der Waals surface area contributed by atoms with Gasteiger partial charge in [-0.15, -0.1) is 0 Å². The molecule has 0 fully saturated rings. The molecule has 1 heteroatoms. The Bertz CT molecular complexity index is 162. The van der Waals surface area contributed by atoms with Crippen LogP contribution in [0.2, 0.25) is 25.7 Å². The predicted octanol–water partition coefficient (Wildman–Crippen LogP) is 4.56. The lowest BCUT2D eigenvalue weighted by molar-refractivity contribution is 0.486. The van der Waals surface area contributed by atoms with Crippen LogP contribution in [0.5, 0.6) is 0 Å². The zero-order valence-corrected chi connectivity index (χ0v) is 11.3. The standard InChI is InChI=1S/C12H26Si/c1-10(2)8-11(3)12(4)9-13(5,6)7/h10-11H,4,8-9H2,1-3,5-7H3. The highest BCUT2D eigenvalue weighted by Crippen LogP contribution is 2.25. The molecule has 0 bridgehead atoms. The van der Waals surface area contributed by atoms with Crippen molar-refractivity contribution in [3.8, 4) is 0 Å². The number of allylic oxidation sites excluding steroid dienone is 1. The average molecular weight is 198 g/mol. The molecule has 0 saturated carbocycles.